The Labute approximate surface area is 253 Å². The molecule has 0 unspecified atom stereocenters. The smallest absolute Gasteiger partial charge is 0.289 e. The molecule has 0 saturated heterocycles. The maximum absolute atomic E-state index is 13.0. The molecule has 0 bridgehead atoms. The number of hydrogen-bond donors (Lipinski definition) is 6. The van der Waals surface area contributed by atoms with Gasteiger partial charge in [0.25, 0.3) is 5.91 Å². The van der Waals surface area contributed by atoms with Crippen molar-refractivity contribution in [3.8, 4) is 0 Å². The zero-order valence-electron chi connectivity index (χ0n) is 23.9. The van der Waals surface area contributed by atoms with Gasteiger partial charge < -0.3 is 36.3 Å². The van der Waals surface area contributed by atoms with E-state index in [-0.39, 0.29) is 31.4 Å². The Balaban J connectivity index is 1.36. The number of nitrogens with two attached hydrogens (primary N) is 1. The number of fused-ring (bicyclic) bond motifs is 1. The second-order valence-corrected chi connectivity index (χ2v) is 10.9. The molecule has 1 fully saturated rings. The number of anilines is 1. The number of carbonyl (C=O) groups excluding carboxylic acids is 1. The van der Waals surface area contributed by atoms with Crippen LogP contribution < -0.4 is 16.4 Å². The van der Waals surface area contributed by atoms with Crippen LogP contribution in [0.5, 0.6) is 0 Å². The van der Waals surface area contributed by atoms with Gasteiger partial charge in [0, 0.05) is 37.3 Å². The SMILES string of the molecule is NCCNC(=O)c1nc(NCC(c2ccccc2)c2ccccc2)c2ncn([C@@H]3C[C@H](n4cc(CO)cn4)[C@@H](O)[C@H]3O)c2n1. The van der Waals surface area contributed by atoms with E-state index < -0.39 is 30.2 Å². The molecular formula is C31H35N9O4. The van der Waals surface area contributed by atoms with E-state index in [1.54, 1.807) is 21.8 Å². The van der Waals surface area contributed by atoms with Crippen molar-refractivity contribution >= 4 is 22.9 Å². The lowest BCUT2D eigenvalue weighted by Gasteiger charge is -2.20. The van der Waals surface area contributed by atoms with Gasteiger partial charge in [0.05, 0.1) is 31.2 Å². The van der Waals surface area contributed by atoms with Crippen LogP contribution in [0.4, 0.5) is 5.82 Å². The molecule has 44 heavy (non-hydrogen) atoms. The van der Waals surface area contributed by atoms with Crippen LogP contribution in [-0.4, -0.2) is 82.4 Å². The van der Waals surface area contributed by atoms with E-state index in [0.717, 1.165) is 11.1 Å². The van der Waals surface area contributed by atoms with E-state index in [1.165, 1.54) is 6.20 Å². The topological polar surface area (TPSA) is 189 Å². The van der Waals surface area contributed by atoms with Crippen LogP contribution in [-0.2, 0) is 6.61 Å². The number of aliphatic hydroxyl groups is 3. The summed E-state index contributed by atoms with van der Waals surface area (Å²) in [5.41, 5.74) is 9.19. The molecule has 6 rings (SSSR count). The molecule has 4 atom stereocenters. The van der Waals surface area contributed by atoms with Gasteiger partial charge in [0.1, 0.15) is 17.7 Å². The number of aliphatic hydroxyl groups excluding tert-OH is 3. The molecule has 5 aromatic rings. The highest BCUT2D eigenvalue weighted by Gasteiger charge is 2.44. The highest BCUT2D eigenvalue weighted by atomic mass is 16.3. The van der Waals surface area contributed by atoms with Crippen molar-refractivity contribution in [3.63, 3.8) is 0 Å². The Kier molecular flexibility index (Phi) is 8.61. The average molecular weight is 598 g/mol. The van der Waals surface area contributed by atoms with Crippen molar-refractivity contribution in [2.75, 3.05) is 25.0 Å². The van der Waals surface area contributed by atoms with Crippen LogP contribution in [0, 0.1) is 0 Å². The van der Waals surface area contributed by atoms with Crippen molar-refractivity contribution < 1.29 is 20.1 Å². The minimum Gasteiger partial charge on any atom is -0.392 e. The molecule has 1 saturated carbocycles. The predicted molar refractivity (Wildman–Crippen MR) is 163 cm³/mol. The Morgan fingerprint density at radius 2 is 1.68 bits per heavy atom. The molecule has 0 radical (unpaired) electrons. The first-order chi connectivity index (χ1) is 21.5. The molecule has 1 amide bonds. The number of imidazole rings is 1. The predicted octanol–water partition coefficient (Wildman–Crippen LogP) is 1.36. The van der Waals surface area contributed by atoms with Gasteiger partial charge in [-0.25, -0.2) is 15.0 Å². The summed E-state index contributed by atoms with van der Waals surface area (Å²) in [5, 5.41) is 42.0. The fourth-order valence-corrected chi connectivity index (χ4v) is 5.81. The van der Waals surface area contributed by atoms with Crippen molar-refractivity contribution in [1.29, 1.82) is 0 Å². The molecule has 1 aliphatic rings. The average Bonchev–Trinajstić information content (AvgIpc) is 3.78. The van der Waals surface area contributed by atoms with E-state index >= 15 is 0 Å². The Bertz CT molecular complexity index is 1670. The number of hydrogen-bond acceptors (Lipinski definition) is 10. The summed E-state index contributed by atoms with van der Waals surface area (Å²) < 4.78 is 3.23. The minimum absolute atomic E-state index is 0.0236. The van der Waals surface area contributed by atoms with E-state index in [0.29, 0.717) is 35.5 Å². The van der Waals surface area contributed by atoms with Crippen molar-refractivity contribution in [3.05, 3.63) is 102 Å². The molecule has 0 spiro atoms. The molecule has 13 nitrogen and oxygen atoms in total. The zero-order valence-corrected chi connectivity index (χ0v) is 23.9. The number of benzene rings is 2. The number of amides is 1. The van der Waals surface area contributed by atoms with Gasteiger partial charge in [-0.05, 0) is 17.5 Å². The first-order valence-electron chi connectivity index (χ1n) is 14.5. The largest absolute Gasteiger partial charge is 0.392 e. The second-order valence-electron chi connectivity index (χ2n) is 10.9. The lowest BCUT2D eigenvalue weighted by molar-refractivity contribution is 0.00720. The summed E-state index contributed by atoms with van der Waals surface area (Å²) >= 11 is 0. The van der Waals surface area contributed by atoms with Crippen LogP contribution in [0.2, 0.25) is 0 Å². The van der Waals surface area contributed by atoms with Gasteiger partial charge in [0.15, 0.2) is 11.5 Å². The molecule has 13 heteroatoms. The Morgan fingerprint density at radius 1 is 1.00 bits per heavy atom. The molecular weight excluding hydrogens is 562 g/mol. The number of nitrogens with zero attached hydrogens (tertiary/aromatic N) is 6. The van der Waals surface area contributed by atoms with Gasteiger partial charge in [-0.1, -0.05) is 60.7 Å². The number of nitrogens with one attached hydrogen (secondary N) is 2. The fourth-order valence-electron chi connectivity index (χ4n) is 5.81. The Morgan fingerprint density at radius 3 is 2.32 bits per heavy atom. The lowest BCUT2D eigenvalue weighted by Crippen LogP contribution is -2.31. The van der Waals surface area contributed by atoms with Crippen LogP contribution in [0.15, 0.2) is 79.4 Å². The normalized spacial score (nSPS) is 19.9. The van der Waals surface area contributed by atoms with Gasteiger partial charge in [0.2, 0.25) is 5.82 Å². The Hall–Kier alpha value is -4.69. The van der Waals surface area contributed by atoms with Gasteiger partial charge >= 0.3 is 0 Å². The van der Waals surface area contributed by atoms with Gasteiger partial charge in [-0.2, -0.15) is 5.10 Å². The summed E-state index contributed by atoms with van der Waals surface area (Å²) in [6.07, 6.45) is 2.73. The number of aromatic nitrogens is 6. The maximum atomic E-state index is 13.0. The first-order valence-corrected chi connectivity index (χ1v) is 14.5. The summed E-state index contributed by atoms with van der Waals surface area (Å²) in [4.78, 5) is 26.8. The summed E-state index contributed by atoms with van der Waals surface area (Å²) in [5.74, 6) is -0.221. The molecule has 3 heterocycles. The lowest BCUT2D eigenvalue weighted by atomic mass is 9.91. The van der Waals surface area contributed by atoms with Crippen LogP contribution in [0.1, 0.15) is 51.7 Å². The summed E-state index contributed by atoms with van der Waals surface area (Å²) in [6, 6.07) is 19.1. The molecule has 7 N–H and O–H groups in total. The third kappa shape index (κ3) is 5.77. The van der Waals surface area contributed by atoms with Crippen molar-refractivity contribution in [2.24, 2.45) is 5.73 Å². The van der Waals surface area contributed by atoms with Gasteiger partial charge in [-0.15, -0.1) is 0 Å². The van der Waals surface area contributed by atoms with Crippen LogP contribution in [0.25, 0.3) is 11.2 Å². The highest BCUT2D eigenvalue weighted by Crippen LogP contribution is 2.40. The fraction of sp³-hybridized carbons (Fsp3) is 0.323. The van der Waals surface area contributed by atoms with Crippen molar-refractivity contribution in [1.82, 2.24) is 34.6 Å². The summed E-state index contributed by atoms with van der Waals surface area (Å²) in [7, 11) is 0. The molecule has 228 valence electrons. The summed E-state index contributed by atoms with van der Waals surface area (Å²) in [6.45, 7) is 0.779. The van der Waals surface area contributed by atoms with Gasteiger partial charge in [-0.3, -0.25) is 9.48 Å². The monoisotopic (exact) mass is 597 g/mol. The molecule has 1 aliphatic carbocycles. The quantitative estimate of drug-likeness (QED) is 0.130. The van der Waals surface area contributed by atoms with E-state index in [2.05, 4.69) is 54.9 Å². The zero-order chi connectivity index (χ0) is 30.6. The van der Waals surface area contributed by atoms with Crippen LogP contribution >= 0.6 is 0 Å². The third-order valence-corrected chi connectivity index (χ3v) is 8.09. The van der Waals surface area contributed by atoms with Crippen LogP contribution in [0.3, 0.4) is 0 Å². The molecule has 3 aromatic heterocycles. The molecule has 2 aromatic carbocycles. The van der Waals surface area contributed by atoms with Crippen molar-refractivity contribution in [2.45, 2.75) is 43.2 Å². The minimum atomic E-state index is -1.17. The van der Waals surface area contributed by atoms with E-state index in [4.69, 9.17) is 5.73 Å². The van der Waals surface area contributed by atoms with E-state index in [1.807, 2.05) is 36.4 Å². The molecule has 0 aliphatic heterocycles. The number of rotatable bonds is 11. The number of carbonyl (C=O) groups is 1. The van der Waals surface area contributed by atoms with E-state index in [9.17, 15) is 20.1 Å². The third-order valence-electron chi connectivity index (χ3n) is 8.09. The second kappa shape index (κ2) is 12.9. The maximum Gasteiger partial charge on any atom is 0.289 e. The first kappa shape index (κ1) is 29.4. The highest BCUT2D eigenvalue weighted by molar-refractivity contribution is 5.94. The standard InChI is InChI=1S/C31H35N9O4/c32-11-12-33-31(44)29-37-28(34-15-22(20-7-3-1-4-8-20)21-9-5-2-6-10-21)25-30(38-29)39(18-35-25)23-13-24(27(43)26(23)42)40-16-19(17-41)14-36-40/h1-10,14,16,18,22-24,26-27,41-43H,11-13,15,17,32H2,(H,33,44)(H,34,37,38)/t23-,24+,26+,27-/m1/s1.